The van der Waals surface area contributed by atoms with Gasteiger partial charge in [-0.15, -0.1) is 0 Å². The number of nitrogens with zero attached hydrogens (tertiary/aromatic N) is 4. The van der Waals surface area contributed by atoms with Gasteiger partial charge in [-0.1, -0.05) is 0 Å². The first-order valence-electron chi connectivity index (χ1n) is 6.32. The Bertz CT molecular complexity index is 621. The van der Waals surface area contributed by atoms with Gasteiger partial charge in [0.05, 0.1) is 17.2 Å². The molecule has 106 valence electrons. The third-order valence-electron chi connectivity index (χ3n) is 3.05. The maximum Gasteiger partial charge on any atom is 0.214 e. The fraction of sp³-hybridized carbons (Fsp3) is 0.357. The van der Waals surface area contributed by atoms with Crippen LogP contribution in [0.5, 0.6) is 0 Å². The SMILES string of the molecule is Cc1ccncc1C(=O)c1c(Br)cnn1CCN(C)C. The van der Waals surface area contributed by atoms with Crippen molar-refractivity contribution >= 4 is 21.7 Å². The van der Waals surface area contributed by atoms with Crippen LogP contribution in [0.3, 0.4) is 0 Å². The van der Waals surface area contributed by atoms with Crippen LogP contribution in [-0.2, 0) is 6.54 Å². The van der Waals surface area contributed by atoms with E-state index in [9.17, 15) is 4.79 Å². The summed E-state index contributed by atoms with van der Waals surface area (Å²) in [6, 6.07) is 1.83. The Balaban J connectivity index is 2.35. The Labute approximate surface area is 126 Å². The number of ketones is 1. The molecule has 2 aromatic rings. The Morgan fingerprint density at radius 2 is 2.15 bits per heavy atom. The molecule has 0 bridgehead atoms. The Morgan fingerprint density at radius 3 is 2.80 bits per heavy atom. The number of carbonyl (C=O) groups is 1. The molecule has 0 N–H and O–H groups in total. The summed E-state index contributed by atoms with van der Waals surface area (Å²) in [5.74, 6) is -0.0567. The molecule has 0 saturated carbocycles. The molecular weight excluding hydrogens is 320 g/mol. The zero-order valence-electron chi connectivity index (χ0n) is 11.8. The van der Waals surface area contributed by atoms with E-state index < -0.39 is 0 Å². The highest BCUT2D eigenvalue weighted by Crippen LogP contribution is 2.21. The minimum atomic E-state index is -0.0567. The number of pyridine rings is 1. The number of hydrogen-bond donors (Lipinski definition) is 0. The molecule has 0 aliphatic carbocycles. The van der Waals surface area contributed by atoms with Gasteiger partial charge in [0.25, 0.3) is 0 Å². The molecule has 2 heterocycles. The van der Waals surface area contributed by atoms with E-state index in [-0.39, 0.29) is 5.78 Å². The van der Waals surface area contributed by atoms with E-state index in [4.69, 9.17) is 0 Å². The van der Waals surface area contributed by atoms with Crippen molar-refractivity contribution < 1.29 is 4.79 Å². The van der Waals surface area contributed by atoms with Crippen LogP contribution >= 0.6 is 15.9 Å². The van der Waals surface area contributed by atoms with Crippen molar-refractivity contribution in [3.8, 4) is 0 Å². The number of hydrogen-bond acceptors (Lipinski definition) is 4. The van der Waals surface area contributed by atoms with Crippen molar-refractivity contribution in [3.63, 3.8) is 0 Å². The van der Waals surface area contributed by atoms with Gasteiger partial charge >= 0.3 is 0 Å². The fourth-order valence-corrected chi connectivity index (χ4v) is 2.36. The molecule has 2 aromatic heterocycles. The number of carbonyl (C=O) groups excluding carboxylic acids is 1. The first-order chi connectivity index (χ1) is 9.50. The van der Waals surface area contributed by atoms with E-state index >= 15 is 0 Å². The molecule has 5 nitrogen and oxygen atoms in total. The van der Waals surface area contributed by atoms with Crippen LogP contribution in [0, 0.1) is 6.92 Å². The summed E-state index contributed by atoms with van der Waals surface area (Å²) < 4.78 is 2.45. The molecule has 0 unspecified atom stereocenters. The summed E-state index contributed by atoms with van der Waals surface area (Å²) >= 11 is 3.41. The third kappa shape index (κ3) is 3.13. The summed E-state index contributed by atoms with van der Waals surface area (Å²) in [5, 5.41) is 4.27. The van der Waals surface area contributed by atoms with Crippen LogP contribution in [0.1, 0.15) is 21.6 Å². The lowest BCUT2D eigenvalue weighted by Crippen LogP contribution is -2.22. The quantitative estimate of drug-likeness (QED) is 0.785. The van der Waals surface area contributed by atoms with Crippen LogP contribution < -0.4 is 0 Å². The number of rotatable bonds is 5. The van der Waals surface area contributed by atoms with Crippen molar-refractivity contribution in [2.24, 2.45) is 0 Å². The molecule has 2 rings (SSSR count). The highest BCUT2D eigenvalue weighted by atomic mass is 79.9. The highest BCUT2D eigenvalue weighted by Gasteiger charge is 2.20. The maximum atomic E-state index is 12.7. The molecule has 0 atom stereocenters. The van der Waals surface area contributed by atoms with Gasteiger partial charge in [0.15, 0.2) is 0 Å². The summed E-state index contributed by atoms with van der Waals surface area (Å²) in [6.45, 7) is 3.39. The average molecular weight is 337 g/mol. The van der Waals surface area contributed by atoms with Crippen molar-refractivity contribution in [2.75, 3.05) is 20.6 Å². The van der Waals surface area contributed by atoms with Crippen LogP contribution in [0.15, 0.2) is 29.1 Å². The minimum Gasteiger partial charge on any atom is -0.308 e. The second-order valence-corrected chi connectivity index (χ2v) is 5.74. The Kier molecular flexibility index (Phi) is 4.67. The maximum absolute atomic E-state index is 12.7. The molecule has 0 aliphatic heterocycles. The molecule has 0 radical (unpaired) electrons. The largest absolute Gasteiger partial charge is 0.308 e. The van der Waals surface area contributed by atoms with Crippen molar-refractivity contribution in [1.29, 1.82) is 0 Å². The van der Waals surface area contributed by atoms with Crippen LogP contribution in [0.25, 0.3) is 0 Å². The lowest BCUT2D eigenvalue weighted by molar-refractivity contribution is 0.102. The van der Waals surface area contributed by atoms with Crippen molar-refractivity contribution in [3.05, 3.63) is 46.0 Å². The first-order valence-corrected chi connectivity index (χ1v) is 7.11. The monoisotopic (exact) mass is 336 g/mol. The second kappa shape index (κ2) is 6.28. The van der Waals surface area contributed by atoms with Crippen molar-refractivity contribution in [2.45, 2.75) is 13.5 Å². The summed E-state index contributed by atoms with van der Waals surface area (Å²) in [7, 11) is 3.98. The summed E-state index contributed by atoms with van der Waals surface area (Å²) in [6.07, 6.45) is 4.95. The number of likely N-dealkylation sites (N-methyl/N-ethyl adjacent to an activating group) is 1. The molecule has 0 saturated heterocycles. The van der Waals surface area contributed by atoms with E-state index in [2.05, 4.69) is 30.9 Å². The van der Waals surface area contributed by atoms with Gasteiger partial charge in [-0.25, -0.2) is 0 Å². The van der Waals surface area contributed by atoms with Gasteiger partial charge in [0.1, 0.15) is 5.69 Å². The van der Waals surface area contributed by atoms with Gasteiger partial charge in [-0.3, -0.25) is 14.5 Å². The zero-order chi connectivity index (χ0) is 14.7. The molecule has 6 heteroatoms. The lowest BCUT2D eigenvalue weighted by atomic mass is 10.1. The second-order valence-electron chi connectivity index (χ2n) is 4.89. The normalized spacial score (nSPS) is 11.1. The van der Waals surface area contributed by atoms with Crippen LogP contribution in [-0.4, -0.2) is 46.1 Å². The van der Waals surface area contributed by atoms with Gasteiger partial charge in [0.2, 0.25) is 5.78 Å². The number of aromatic nitrogens is 3. The van der Waals surface area contributed by atoms with E-state index in [0.717, 1.165) is 12.1 Å². The number of halogens is 1. The van der Waals surface area contributed by atoms with Crippen LogP contribution in [0.4, 0.5) is 0 Å². The highest BCUT2D eigenvalue weighted by molar-refractivity contribution is 9.10. The molecule has 0 spiro atoms. The molecule has 0 aromatic carbocycles. The number of aryl methyl sites for hydroxylation is 1. The van der Waals surface area contributed by atoms with Crippen LogP contribution in [0.2, 0.25) is 0 Å². The minimum absolute atomic E-state index is 0.0567. The zero-order valence-corrected chi connectivity index (χ0v) is 13.4. The van der Waals surface area contributed by atoms with Gasteiger partial charge in [0, 0.05) is 24.5 Å². The molecule has 0 fully saturated rings. The van der Waals surface area contributed by atoms with E-state index in [1.54, 1.807) is 23.3 Å². The summed E-state index contributed by atoms with van der Waals surface area (Å²) in [4.78, 5) is 18.8. The Hall–Kier alpha value is -1.53. The third-order valence-corrected chi connectivity index (χ3v) is 3.63. The van der Waals surface area contributed by atoms with E-state index in [1.165, 1.54) is 0 Å². The van der Waals surface area contributed by atoms with E-state index in [1.807, 2.05) is 27.1 Å². The predicted octanol–water partition coefficient (Wildman–Crippen LogP) is 2.14. The molecular formula is C14H17BrN4O. The van der Waals surface area contributed by atoms with Crippen molar-refractivity contribution in [1.82, 2.24) is 19.7 Å². The van der Waals surface area contributed by atoms with Gasteiger partial charge < -0.3 is 4.90 Å². The van der Waals surface area contributed by atoms with Gasteiger partial charge in [-0.2, -0.15) is 5.10 Å². The standard InChI is InChI=1S/C14H17BrN4O/c1-10-4-5-16-8-11(10)14(20)13-12(15)9-17-19(13)7-6-18(2)3/h4-5,8-9H,6-7H2,1-3H3. The molecule has 0 aliphatic rings. The lowest BCUT2D eigenvalue weighted by Gasteiger charge is -2.12. The van der Waals surface area contributed by atoms with E-state index in [0.29, 0.717) is 22.3 Å². The molecule has 0 amide bonds. The first kappa shape index (κ1) is 14.9. The summed E-state index contributed by atoms with van der Waals surface area (Å²) in [5.41, 5.74) is 2.10. The Morgan fingerprint density at radius 1 is 1.40 bits per heavy atom. The smallest absolute Gasteiger partial charge is 0.214 e. The van der Waals surface area contributed by atoms with Gasteiger partial charge in [-0.05, 0) is 48.6 Å². The topological polar surface area (TPSA) is 51.0 Å². The molecule has 20 heavy (non-hydrogen) atoms. The fourth-order valence-electron chi connectivity index (χ4n) is 1.88. The predicted molar refractivity (Wildman–Crippen MR) is 80.9 cm³/mol. The average Bonchev–Trinajstić information content (AvgIpc) is 2.77.